The predicted molar refractivity (Wildman–Crippen MR) is 97.0 cm³/mol. The lowest BCUT2D eigenvalue weighted by Gasteiger charge is -2.17. The van der Waals surface area contributed by atoms with Crippen LogP contribution in [0.3, 0.4) is 0 Å². The molecule has 4 aromatic rings. The minimum absolute atomic E-state index is 0.0497. The SMILES string of the molecule is O=c1c(-c2cccc(C(F)(F)F)c2)c([O-])[n+](Cc2ccc(F)nc2)c2ccccn12. The molecule has 0 saturated carbocycles. The van der Waals surface area contributed by atoms with E-state index in [2.05, 4.69) is 4.98 Å². The van der Waals surface area contributed by atoms with Crippen molar-refractivity contribution < 1.29 is 27.2 Å². The van der Waals surface area contributed by atoms with Crippen LogP contribution in [0.4, 0.5) is 17.6 Å². The first kappa shape index (κ1) is 19.6. The van der Waals surface area contributed by atoms with Gasteiger partial charge in [-0.25, -0.2) is 14.3 Å². The molecule has 0 radical (unpaired) electrons. The lowest BCUT2D eigenvalue weighted by Crippen LogP contribution is -2.44. The third kappa shape index (κ3) is 3.49. The fourth-order valence-corrected chi connectivity index (χ4v) is 3.21. The van der Waals surface area contributed by atoms with Gasteiger partial charge in [0.25, 0.3) is 5.65 Å². The van der Waals surface area contributed by atoms with Gasteiger partial charge >= 0.3 is 11.7 Å². The topological polar surface area (TPSA) is 61.3 Å². The van der Waals surface area contributed by atoms with Crippen molar-refractivity contribution in [1.29, 1.82) is 0 Å². The number of rotatable bonds is 3. The average Bonchev–Trinajstić information content (AvgIpc) is 2.72. The molecule has 1 aromatic carbocycles. The molecule has 0 bridgehead atoms. The first-order valence-electron chi connectivity index (χ1n) is 8.78. The normalized spacial score (nSPS) is 11.7. The summed E-state index contributed by atoms with van der Waals surface area (Å²) in [6.45, 7) is -0.0497. The van der Waals surface area contributed by atoms with Crippen molar-refractivity contribution >= 4 is 5.65 Å². The average molecular weight is 415 g/mol. The van der Waals surface area contributed by atoms with Crippen molar-refractivity contribution in [2.45, 2.75) is 12.7 Å². The summed E-state index contributed by atoms with van der Waals surface area (Å²) in [6.07, 6.45) is -1.95. The summed E-state index contributed by atoms with van der Waals surface area (Å²) in [7, 11) is 0. The zero-order valence-electron chi connectivity index (χ0n) is 15.2. The van der Waals surface area contributed by atoms with Crippen LogP contribution in [-0.4, -0.2) is 9.38 Å². The first-order valence-corrected chi connectivity index (χ1v) is 8.78. The zero-order chi connectivity index (χ0) is 21.5. The number of hydrogen-bond acceptors (Lipinski definition) is 3. The third-order valence-electron chi connectivity index (χ3n) is 4.61. The van der Waals surface area contributed by atoms with Crippen LogP contribution in [0.25, 0.3) is 16.8 Å². The Bertz CT molecular complexity index is 1300. The van der Waals surface area contributed by atoms with Crippen LogP contribution in [-0.2, 0) is 12.7 Å². The van der Waals surface area contributed by atoms with Crippen molar-refractivity contribution in [1.82, 2.24) is 9.38 Å². The molecule has 0 fully saturated rings. The van der Waals surface area contributed by atoms with E-state index in [4.69, 9.17) is 0 Å². The van der Waals surface area contributed by atoms with Gasteiger partial charge in [0, 0.05) is 17.8 Å². The van der Waals surface area contributed by atoms with Crippen molar-refractivity contribution in [2.24, 2.45) is 0 Å². The Hall–Kier alpha value is -3.75. The van der Waals surface area contributed by atoms with Crippen molar-refractivity contribution in [3.05, 3.63) is 94.4 Å². The fraction of sp³-hybridized carbons (Fsp3) is 0.0952. The Morgan fingerprint density at radius 1 is 1.07 bits per heavy atom. The van der Waals surface area contributed by atoms with E-state index in [0.29, 0.717) is 5.56 Å². The second-order valence-electron chi connectivity index (χ2n) is 6.57. The number of alkyl halides is 3. The third-order valence-corrected chi connectivity index (χ3v) is 4.61. The second kappa shape index (κ2) is 7.25. The standard InChI is InChI=1S/C21H13F4N3O2/c22-16-8-7-13(11-26-16)12-28-17-6-1-2-9-27(17)19(29)18(20(28)30)14-4-3-5-15(10-14)21(23,24)25/h1-11H,12H2. The van der Waals surface area contributed by atoms with Crippen LogP contribution < -0.4 is 15.2 Å². The van der Waals surface area contributed by atoms with Crippen LogP contribution in [0, 0.1) is 5.95 Å². The number of benzene rings is 1. The Morgan fingerprint density at radius 2 is 1.87 bits per heavy atom. The summed E-state index contributed by atoms with van der Waals surface area (Å²) in [4.78, 5) is 16.5. The van der Waals surface area contributed by atoms with Gasteiger partial charge in [-0.3, -0.25) is 0 Å². The molecule has 0 aliphatic heterocycles. The molecule has 0 saturated heterocycles. The summed E-state index contributed by atoms with van der Waals surface area (Å²) < 4.78 is 54.9. The summed E-state index contributed by atoms with van der Waals surface area (Å²) in [5.41, 5.74) is -1.50. The molecule has 0 spiro atoms. The van der Waals surface area contributed by atoms with Crippen molar-refractivity contribution in [3.63, 3.8) is 0 Å². The molecule has 152 valence electrons. The number of aromatic nitrogens is 3. The molecule has 0 unspecified atom stereocenters. The van der Waals surface area contributed by atoms with E-state index in [-0.39, 0.29) is 23.3 Å². The number of fused-ring (bicyclic) bond motifs is 1. The number of pyridine rings is 2. The molecule has 0 N–H and O–H groups in total. The minimum Gasteiger partial charge on any atom is -0.842 e. The lowest BCUT2D eigenvalue weighted by atomic mass is 10.0. The minimum atomic E-state index is -4.62. The fourth-order valence-electron chi connectivity index (χ4n) is 3.21. The van der Waals surface area contributed by atoms with Gasteiger partial charge in [0.05, 0.1) is 17.6 Å². The van der Waals surface area contributed by atoms with Gasteiger partial charge in [-0.1, -0.05) is 18.2 Å². The van der Waals surface area contributed by atoms with E-state index in [0.717, 1.165) is 24.3 Å². The molecular weight excluding hydrogens is 402 g/mol. The monoisotopic (exact) mass is 415 g/mol. The number of hydrogen-bond donors (Lipinski definition) is 0. The van der Waals surface area contributed by atoms with Crippen LogP contribution in [0.5, 0.6) is 5.88 Å². The van der Waals surface area contributed by atoms with Gasteiger partial charge in [0.1, 0.15) is 12.1 Å². The molecule has 30 heavy (non-hydrogen) atoms. The van der Waals surface area contributed by atoms with Gasteiger partial charge in [0.15, 0.2) is 0 Å². The summed E-state index contributed by atoms with van der Waals surface area (Å²) >= 11 is 0. The first-order chi connectivity index (χ1) is 14.3. The molecule has 9 heteroatoms. The summed E-state index contributed by atoms with van der Waals surface area (Å²) in [6, 6.07) is 11.4. The second-order valence-corrected chi connectivity index (χ2v) is 6.57. The molecule has 5 nitrogen and oxygen atoms in total. The van der Waals surface area contributed by atoms with Crippen molar-refractivity contribution in [2.75, 3.05) is 0 Å². The maximum Gasteiger partial charge on any atom is 0.416 e. The zero-order valence-corrected chi connectivity index (χ0v) is 15.2. The summed E-state index contributed by atoms with van der Waals surface area (Å²) in [5.74, 6) is -1.44. The molecule has 3 aromatic heterocycles. The highest BCUT2D eigenvalue weighted by molar-refractivity contribution is 5.67. The maximum atomic E-state index is 13.2. The molecule has 4 rings (SSSR count). The Kier molecular flexibility index (Phi) is 4.73. The predicted octanol–water partition coefficient (Wildman–Crippen LogP) is 2.93. The highest BCUT2D eigenvalue weighted by Crippen LogP contribution is 2.32. The van der Waals surface area contributed by atoms with Crippen LogP contribution in [0.2, 0.25) is 0 Å². The highest BCUT2D eigenvalue weighted by Gasteiger charge is 2.31. The van der Waals surface area contributed by atoms with E-state index in [1.165, 1.54) is 39.6 Å². The van der Waals surface area contributed by atoms with E-state index >= 15 is 0 Å². The maximum absolute atomic E-state index is 13.2. The largest absolute Gasteiger partial charge is 0.842 e. The van der Waals surface area contributed by atoms with E-state index < -0.39 is 29.1 Å². The van der Waals surface area contributed by atoms with Crippen LogP contribution in [0.15, 0.2) is 71.8 Å². The molecule has 0 atom stereocenters. The van der Waals surface area contributed by atoms with Gasteiger partial charge < -0.3 is 5.11 Å². The molecular formula is C21H13F4N3O2. The lowest BCUT2D eigenvalue weighted by molar-refractivity contribution is -0.708. The quantitative estimate of drug-likeness (QED) is 0.294. The van der Waals surface area contributed by atoms with Gasteiger partial charge in [-0.2, -0.15) is 22.0 Å². The van der Waals surface area contributed by atoms with Gasteiger partial charge in [-0.05, 0) is 35.9 Å². The molecule has 0 aliphatic rings. The molecule has 3 heterocycles. The smallest absolute Gasteiger partial charge is 0.416 e. The number of halogens is 4. The van der Waals surface area contributed by atoms with E-state index in [1.54, 1.807) is 12.1 Å². The highest BCUT2D eigenvalue weighted by atomic mass is 19.4. The van der Waals surface area contributed by atoms with Gasteiger partial charge in [-0.15, -0.1) is 0 Å². The summed E-state index contributed by atoms with van der Waals surface area (Å²) in [5, 5.41) is 13.2. The number of nitrogens with zero attached hydrogens (tertiary/aromatic N) is 3. The Labute approximate surface area is 167 Å². The molecule has 0 aliphatic carbocycles. The Morgan fingerprint density at radius 3 is 2.57 bits per heavy atom. The van der Waals surface area contributed by atoms with Crippen LogP contribution in [0.1, 0.15) is 11.1 Å². The van der Waals surface area contributed by atoms with E-state index in [9.17, 15) is 27.5 Å². The Balaban J connectivity index is 1.97. The van der Waals surface area contributed by atoms with E-state index in [1.807, 2.05) is 0 Å². The van der Waals surface area contributed by atoms with Crippen LogP contribution >= 0.6 is 0 Å². The molecule has 0 amide bonds. The van der Waals surface area contributed by atoms with Crippen molar-refractivity contribution in [3.8, 4) is 17.0 Å². The van der Waals surface area contributed by atoms with Gasteiger partial charge in [0.2, 0.25) is 5.95 Å².